The van der Waals surface area contributed by atoms with Gasteiger partial charge in [0.25, 0.3) is 5.91 Å². The molecule has 1 aliphatic rings. The molecule has 7 N–H and O–H groups in total. The molecule has 0 aliphatic heterocycles. The number of nitrogens with one attached hydrogen (secondary N) is 1. The van der Waals surface area contributed by atoms with Crippen LogP contribution in [0.25, 0.3) is 5.70 Å². The zero-order valence-electron chi connectivity index (χ0n) is 17.7. The van der Waals surface area contributed by atoms with Crippen molar-refractivity contribution in [1.29, 1.82) is 0 Å². The number of aliphatic imine (C=N–C) groups is 1. The van der Waals surface area contributed by atoms with Gasteiger partial charge < -0.3 is 27.3 Å². The van der Waals surface area contributed by atoms with Gasteiger partial charge in [-0.15, -0.1) is 0 Å². The molecule has 1 atom stereocenters. The summed E-state index contributed by atoms with van der Waals surface area (Å²) in [6, 6.07) is 10.7. The number of amides is 2. The SMILES string of the molecule is COC(C=C(N)c1ccccc1)=Nc1cc(N[C@H](CC2CC2)C(N)=O)c(F)cc1C(N)=O. The van der Waals surface area contributed by atoms with Gasteiger partial charge in [0.1, 0.15) is 11.9 Å². The molecule has 8 nitrogen and oxygen atoms in total. The van der Waals surface area contributed by atoms with Gasteiger partial charge in [0.2, 0.25) is 11.8 Å². The molecule has 168 valence electrons. The molecule has 1 aliphatic carbocycles. The van der Waals surface area contributed by atoms with Crippen molar-refractivity contribution in [2.24, 2.45) is 28.1 Å². The fraction of sp³-hybridized carbons (Fsp3) is 0.261. The van der Waals surface area contributed by atoms with Gasteiger partial charge in [-0.25, -0.2) is 9.38 Å². The summed E-state index contributed by atoms with van der Waals surface area (Å²) in [5.41, 5.74) is 18.0. The van der Waals surface area contributed by atoms with Gasteiger partial charge in [-0.05, 0) is 30.0 Å². The first-order valence-electron chi connectivity index (χ1n) is 10.1. The number of hydrogen-bond acceptors (Lipinski definition) is 6. The van der Waals surface area contributed by atoms with Gasteiger partial charge in [-0.1, -0.05) is 43.2 Å². The van der Waals surface area contributed by atoms with E-state index in [2.05, 4.69) is 10.3 Å². The average Bonchev–Trinajstić information content (AvgIpc) is 3.59. The maximum atomic E-state index is 14.7. The Balaban J connectivity index is 1.98. The zero-order chi connectivity index (χ0) is 23.3. The van der Waals surface area contributed by atoms with Crippen LogP contribution >= 0.6 is 0 Å². The van der Waals surface area contributed by atoms with Crippen molar-refractivity contribution in [1.82, 2.24) is 0 Å². The molecule has 2 aromatic carbocycles. The Kier molecular flexibility index (Phi) is 7.09. The quantitative estimate of drug-likeness (QED) is 0.350. The summed E-state index contributed by atoms with van der Waals surface area (Å²) < 4.78 is 20.0. The van der Waals surface area contributed by atoms with E-state index in [4.69, 9.17) is 21.9 Å². The molecule has 9 heteroatoms. The minimum atomic E-state index is -0.867. The minimum absolute atomic E-state index is 0.0198. The molecule has 0 spiro atoms. The molecule has 0 aromatic heterocycles. The second-order valence-electron chi connectivity index (χ2n) is 7.61. The van der Waals surface area contributed by atoms with Crippen LogP contribution in [0.4, 0.5) is 15.8 Å². The first kappa shape index (κ1) is 22.8. The van der Waals surface area contributed by atoms with Crippen LogP contribution in [-0.4, -0.2) is 30.9 Å². The second kappa shape index (κ2) is 9.95. The summed E-state index contributed by atoms with van der Waals surface area (Å²) in [6.45, 7) is 0. The largest absolute Gasteiger partial charge is 0.481 e. The molecular formula is C23H26FN5O3. The molecule has 0 saturated heterocycles. The van der Waals surface area contributed by atoms with Crippen LogP contribution in [0.15, 0.2) is 53.5 Å². The molecule has 2 aromatic rings. The minimum Gasteiger partial charge on any atom is -0.481 e. The summed E-state index contributed by atoms with van der Waals surface area (Å²) in [6.07, 6.45) is 4.01. The predicted molar refractivity (Wildman–Crippen MR) is 122 cm³/mol. The molecule has 2 amide bonds. The lowest BCUT2D eigenvalue weighted by Gasteiger charge is -2.18. The number of carbonyl (C=O) groups is 2. The number of hydrogen-bond donors (Lipinski definition) is 4. The second-order valence-corrected chi connectivity index (χ2v) is 7.61. The van der Waals surface area contributed by atoms with Crippen molar-refractivity contribution < 1.29 is 18.7 Å². The van der Waals surface area contributed by atoms with Crippen LogP contribution in [0.5, 0.6) is 0 Å². The molecule has 0 heterocycles. The van der Waals surface area contributed by atoms with Crippen molar-refractivity contribution >= 4 is 34.8 Å². The van der Waals surface area contributed by atoms with E-state index >= 15 is 0 Å². The molecule has 3 rings (SSSR count). The van der Waals surface area contributed by atoms with E-state index in [-0.39, 0.29) is 22.8 Å². The third-order valence-electron chi connectivity index (χ3n) is 5.12. The summed E-state index contributed by atoms with van der Waals surface area (Å²) in [7, 11) is 1.39. The van der Waals surface area contributed by atoms with Gasteiger partial charge in [0.15, 0.2) is 0 Å². The maximum Gasteiger partial charge on any atom is 0.251 e. The van der Waals surface area contributed by atoms with Gasteiger partial charge in [-0.3, -0.25) is 9.59 Å². The molecule has 1 fully saturated rings. The van der Waals surface area contributed by atoms with E-state index in [0.29, 0.717) is 18.0 Å². The number of rotatable bonds is 9. The number of halogens is 1. The van der Waals surface area contributed by atoms with Crippen molar-refractivity contribution in [2.45, 2.75) is 25.3 Å². The highest BCUT2D eigenvalue weighted by molar-refractivity contribution is 6.02. The monoisotopic (exact) mass is 439 g/mol. The number of nitrogens with zero attached hydrogens (tertiary/aromatic N) is 1. The van der Waals surface area contributed by atoms with E-state index in [0.717, 1.165) is 24.5 Å². The Labute approximate surface area is 185 Å². The number of benzene rings is 2. The summed E-state index contributed by atoms with van der Waals surface area (Å²) in [5.74, 6) is -1.74. The van der Waals surface area contributed by atoms with Gasteiger partial charge >= 0.3 is 0 Å². The van der Waals surface area contributed by atoms with E-state index in [1.807, 2.05) is 30.3 Å². The third kappa shape index (κ3) is 5.84. The standard InChI is InChI=1S/C23H26FN5O3/c1-32-21(11-17(25)14-5-3-2-4-6-14)29-18-12-19(16(24)10-15(18)22(26)30)28-20(23(27)31)9-13-7-8-13/h2-6,10-13,20,28H,7-9,25H2,1H3,(H2,26,30)(H2,27,31)/t20-/m1/s1. The van der Waals surface area contributed by atoms with Gasteiger partial charge in [0, 0.05) is 11.8 Å². The van der Waals surface area contributed by atoms with Crippen LogP contribution < -0.4 is 22.5 Å². The van der Waals surface area contributed by atoms with Gasteiger partial charge in [-0.2, -0.15) is 0 Å². The van der Waals surface area contributed by atoms with Crippen molar-refractivity contribution in [3.63, 3.8) is 0 Å². The molecule has 0 bridgehead atoms. The Morgan fingerprint density at radius 2 is 1.91 bits per heavy atom. The molecule has 0 radical (unpaired) electrons. The van der Waals surface area contributed by atoms with E-state index in [9.17, 15) is 14.0 Å². The zero-order valence-corrected chi connectivity index (χ0v) is 17.7. The van der Waals surface area contributed by atoms with E-state index in [1.54, 1.807) is 0 Å². The predicted octanol–water partition coefficient (Wildman–Crippen LogP) is 2.67. The normalized spacial score (nSPS) is 15.2. The summed E-state index contributed by atoms with van der Waals surface area (Å²) in [5, 5.41) is 2.83. The highest BCUT2D eigenvalue weighted by Crippen LogP contribution is 2.35. The van der Waals surface area contributed by atoms with Crippen molar-refractivity contribution in [3.05, 3.63) is 65.5 Å². The fourth-order valence-corrected chi connectivity index (χ4v) is 3.19. The number of anilines is 1. The smallest absolute Gasteiger partial charge is 0.251 e. The lowest BCUT2D eigenvalue weighted by atomic mass is 10.1. The van der Waals surface area contributed by atoms with Crippen molar-refractivity contribution in [3.8, 4) is 0 Å². The fourth-order valence-electron chi connectivity index (χ4n) is 3.19. The number of nitrogens with two attached hydrogens (primary N) is 3. The number of primary amides is 2. The Morgan fingerprint density at radius 3 is 2.47 bits per heavy atom. The topological polar surface area (TPSA) is 146 Å². The Morgan fingerprint density at radius 1 is 1.22 bits per heavy atom. The highest BCUT2D eigenvalue weighted by Gasteiger charge is 2.29. The first-order valence-corrected chi connectivity index (χ1v) is 10.1. The lowest BCUT2D eigenvalue weighted by molar-refractivity contribution is -0.118. The van der Waals surface area contributed by atoms with E-state index < -0.39 is 23.7 Å². The summed E-state index contributed by atoms with van der Waals surface area (Å²) in [4.78, 5) is 28.0. The summed E-state index contributed by atoms with van der Waals surface area (Å²) >= 11 is 0. The maximum absolute atomic E-state index is 14.7. The van der Waals surface area contributed by atoms with E-state index in [1.165, 1.54) is 19.3 Å². The number of carbonyl (C=O) groups excluding carboxylic acids is 2. The highest BCUT2D eigenvalue weighted by atomic mass is 19.1. The van der Waals surface area contributed by atoms with Crippen LogP contribution in [0.1, 0.15) is 35.2 Å². The third-order valence-corrected chi connectivity index (χ3v) is 5.12. The first-order chi connectivity index (χ1) is 15.3. The molecule has 32 heavy (non-hydrogen) atoms. The Bertz CT molecular complexity index is 1060. The van der Waals surface area contributed by atoms with Gasteiger partial charge in [0.05, 0.1) is 24.0 Å². The Hall–Kier alpha value is -3.88. The van der Waals surface area contributed by atoms with Crippen LogP contribution in [0, 0.1) is 11.7 Å². The number of ether oxygens (including phenoxy) is 1. The van der Waals surface area contributed by atoms with Crippen LogP contribution in [-0.2, 0) is 9.53 Å². The van der Waals surface area contributed by atoms with Crippen LogP contribution in [0.3, 0.4) is 0 Å². The molecule has 1 saturated carbocycles. The molecule has 0 unspecified atom stereocenters. The number of methoxy groups -OCH3 is 1. The lowest BCUT2D eigenvalue weighted by Crippen LogP contribution is -2.36. The van der Waals surface area contributed by atoms with Crippen LogP contribution in [0.2, 0.25) is 0 Å². The van der Waals surface area contributed by atoms with Crippen molar-refractivity contribution in [2.75, 3.05) is 12.4 Å². The average molecular weight is 439 g/mol. The molecular weight excluding hydrogens is 413 g/mol.